The Bertz CT molecular complexity index is 567. The van der Waals surface area contributed by atoms with Crippen molar-refractivity contribution in [2.75, 3.05) is 12.0 Å². The lowest BCUT2D eigenvalue weighted by Gasteiger charge is -2.13. The Morgan fingerprint density at radius 3 is 2.58 bits per heavy atom. The maximum absolute atomic E-state index is 11.9. The number of hydrogen-bond acceptors (Lipinski definition) is 6. The molecular formula is C12H14N4O2S. The molecule has 0 saturated carbocycles. The van der Waals surface area contributed by atoms with Crippen LogP contribution in [0.4, 0.5) is 5.82 Å². The quantitative estimate of drug-likeness (QED) is 0.829. The molecule has 0 aliphatic rings. The van der Waals surface area contributed by atoms with Crippen LogP contribution in [0.2, 0.25) is 0 Å². The number of nitrogens with zero attached hydrogens (tertiary/aromatic N) is 2. The number of carbonyl (C=O) groups excluding carboxylic acids is 1. The standard InChI is InChI=1S/C12H14N4O2S/c1-7(8-3-5-9(19-2)6-4-8)14-12(17)10-11(13)16-18-15-10/h3-7H,1-2H3,(H2,13,16)(H,14,17). The second kappa shape index (κ2) is 5.75. The Kier molecular flexibility index (Phi) is 4.06. The first-order valence-corrected chi connectivity index (χ1v) is 6.87. The van der Waals surface area contributed by atoms with Gasteiger partial charge in [0.05, 0.1) is 6.04 Å². The molecule has 7 heteroatoms. The minimum atomic E-state index is -0.403. The van der Waals surface area contributed by atoms with Crippen molar-refractivity contribution in [3.8, 4) is 0 Å². The Balaban J connectivity index is 2.06. The summed E-state index contributed by atoms with van der Waals surface area (Å²) in [7, 11) is 0. The molecule has 6 nitrogen and oxygen atoms in total. The molecular weight excluding hydrogens is 264 g/mol. The van der Waals surface area contributed by atoms with Crippen LogP contribution in [-0.2, 0) is 0 Å². The van der Waals surface area contributed by atoms with Gasteiger partial charge in [-0.3, -0.25) is 4.79 Å². The number of hydrogen-bond donors (Lipinski definition) is 2. The van der Waals surface area contributed by atoms with Crippen LogP contribution in [0.25, 0.3) is 0 Å². The zero-order valence-electron chi connectivity index (χ0n) is 10.6. The smallest absolute Gasteiger partial charge is 0.277 e. The van der Waals surface area contributed by atoms with Crippen molar-refractivity contribution in [1.82, 2.24) is 15.6 Å². The molecule has 0 saturated heterocycles. The number of thioether (sulfide) groups is 1. The summed E-state index contributed by atoms with van der Waals surface area (Å²) in [6.07, 6.45) is 2.01. The second-order valence-corrected chi connectivity index (χ2v) is 4.85. The average molecular weight is 278 g/mol. The molecule has 2 aromatic rings. The van der Waals surface area contributed by atoms with Gasteiger partial charge in [0.1, 0.15) is 0 Å². The van der Waals surface area contributed by atoms with Gasteiger partial charge < -0.3 is 11.1 Å². The van der Waals surface area contributed by atoms with Crippen LogP contribution in [0.3, 0.4) is 0 Å². The number of amides is 1. The van der Waals surface area contributed by atoms with Gasteiger partial charge in [-0.1, -0.05) is 12.1 Å². The fraction of sp³-hybridized carbons (Fsp3) is 0.250. The molecule has 100 valence electrons. The van der Waals surface area contributed by atoms with Crippen molar-refractivity contribution in [2.24, 2.45) is 0 Å². The minimum Gasteiger partial charge on any atom is -0.379 e. The highest BCUT2D eigenvalue weighted by molar-refractivity contribution is 7.98. The third kappa shape index (κ3) is 3.05. The number of rotatable bonds is 4. The highest BCUT2D eigenvalue weighted by Crippen LogP contribution is 2.19. The van der Waals surface area contributed by atoms with Crippen LogP contribution in [0, 0.1) is 0 Å². The van der Waals surface area contributed by atoms with Gasteiger partial charge in [0.25, 0.3) is 5.91 Å². The maximum Gasteiger partial charge on any atom is 0.277 e. The Morgan fingerprint density at radius 1 is 1.37 bits per heavy atom. The first-order chi connectivity index (χ1) is 9.11. The largest absolute Gasteiger partial charge is 0.379 e. The number of nitrogen functional groups attached to an aromatic ring is 1. The molecule has 1 atom stereocenters. The van der Waals surface area contributed by atoms with Crippen molar-refractivity contribution in [1.29, 1.82) is 0 Å². The van der Waals surface area contributed by atoms with E-state index in [2.05, 4.69) is 20.3 Å². The van der Waals surface area contributed by atoms with Crippen LogP contribution in [0.5, 0.6) is 0 Å². The fourth-order valence-electron chi connectivity index (χ4n) is 1.59. The highest BCUT2D eigenvalue weighted by atomic mass is 32.2. The maximum atomic E-state index is 11.9. The van der Waals surface area contributed by atoms with Gasteiger partial charge in [0.2, 0.25) is 11.5 Å². The second-order valence-electron chi connectivity index (χ2n) is 3.97. The normalized spacial score (nSPS) is 12.1. The molecule has 0 aliphatic carbocycles. The van der Waals surface area contributed by atoms with Gasteiger partial charge in [0.15, 0.2) is 0 Å². The van der Waals surface area contributed by atoms with Gasteiger partial charge >= 0.3 is 0 Å². The zero-order chi connectivity index (χ0) is 13.8. The third-order valence-corrected chi connectivity index (χ3v) is 3.44. The van der Waals surface area contributed by atoms with E-state index in [1.807, 2.05) is 37.4 Å². The van der Waals surface area contributed by atoms with E-state index in [1.165, 1.54) is 4.90 Å². The number of nitrogens with one attached hydrogen (secondary N) is 1. The van der Waals surface area contributed by atoms with E-state index in [4.69, 9.17) is 5.73 Å². The summed E-state index contributed by atoms with van der Waals surface area (Å²) in [6.45, 7) is 1.88. The molecule has 19 heavy (non-hydrogen) atoms. The van der Waals surface area contributed by atoms with E-state index >= 15 is 0 Å². The molecule has 1 unspecified atom stereocenters. The SMILES string of the molecule is CSc1ccc(C(C)NC(=O)c2nonc2N)cc1. The molecule has 0 radical (unpaired) electrons. The number of carbonyl (C=O) groups is 1. The van der Waals surface area contributed by atoms with Crippen LogP contribution in [-0.4, -0.2) is 22.5 Å². The fourth-order valence-corrected chi connectivity index (χ4v) is 2.00. The number of anilines is 1. The van der Waals surface area contributed by atoms with Crippen molar-refractivity contribution in [3.05, 3.63) is 35.5 Å². The van der Waals surface area contributed by atoms with Gasteiger partial charge in [0, 0.05) is 4.90 Å². The lowest BCUT2D eigenvalue weighted by molar-refractivity contribution is 0.0930. The summed E-state index contributed by atoms with van der Waals surface area (Å²) in [6, 6.07) is 7.81. The number of nitrogens with two attached hydrogens (primary N) is 1. The van der Waals surface area contributed by atoms with Crippen molar-refractivity contribution in [3.63, 3.8) is 0 Å². The topological polar surface area (TPSA) is 94.0 Å². The van der Waals surface area contributed by atoms with E-state index in [0.717, 1.165) is 5.56 Å². The van der Waals surface area contributed by atoms with E-state index in [9.17, 15) is 4.79 Å². The van der Waals surface area contributed by atoms with Gasteiger partial charge in [-0.25, -0.2) is 4.63 Å². The van der Waals surface area contributed by atoms with E-state index < -0.39 is 5.91 Å². The summed E-state index contributed by atoms with van der Waals surface area (Å²) in [5.41, 5.74) is 6.47. The van der Waals surface area contributed by atoms with Crippen molar-refractivity contribution >= 4 is 23.5 Å². The summed E-state index contributed by atoms with van der Waals surface area (Å²) < 4.78 is 4.40. The Hall–Kier alpha value is -2.02. The van der Waals surface area contributed by atoms with Crippen molar-refractivity contribution in [2.45, 2.75) is 17.9 Å². The van der Waals surface area contributed by atoms with Crippen LogP contribution in [0.15, 0.2) is 33.8 Å². The number of benzene rings is 1. The van der Waals surface area contributed by atoms with E-state index in [0.29, 0.717) is 0 Å². The molecule has 1 heterocycles. The summed E-state index contributed by atoms with van der Waals surface area (Å²) in [4.78, 5) is 13.0. The third-order valence-electron chi connectivity index (χ3n) is 2.69. The highest BCUT2D eigenvalue weighted by Gasteiger charge is 2.18. The van der Waals surface area contributed by atoms with Crippen LogP contribution in [0.1, 0.15) is 29.0 Å². The van der Waals surface area contributed by atoms with Crippen molar-refractivity contribution < 1.29 is 9.42 Å². The average Bonchev–Trinajstić information content (AvgIpc) is 2.85. The summed E-state index contributed by atoms with van der Waals surface area (Å²) >= 11 is 1.67. The molecule has 0 aliphatic heterocycles. The summed E-state index contributed by atoms with van der Waals surface area (Å²) in [5.74, 6) is -0.414. The molecule has 0 spiro atoms. The molecule has 0 fully saturated rings. The Labute approximate surface area is 114 Å². The first kappa shape index (κ1) is 13.4. The van der Waals surface area contributed by atoms with Gasteiger partial charge in [-0.15, -0.1) is 11.8 Å². The number of aromatic nitrogens is 2. The lowest BCUT2D eigenvalue weighted by atomic mass is 10.1. The first-order valence-electron chi connectivity index (χ1n) is 5.64. The van der Waals surface area contributed by atoms with Gasteiger partial charge in [-0.2, -0.15) is 0 Å². The molecule has 3 N–H and O–H groups in total. The van der Waals surface area contributed by atoms with Gasteiger partial charge in [-0.05, 0) is 41.2 Å². The minimum absolute atomic E-state index is 0.00702. The Morgan fingerprint density at radius 2 is 2.05 bits per heavy atom. The van der Waals surface area contributed by atoms with Crippen LogP contribution < -0.4 is 11.1 Å². The van der Waals surface area contributed by atoms with Crippen LogP contribution >= 0.6 is 11.8 Å². The monoisotopic (exact) mass is 278 g/mol. The molecule has 0 bridgehead atoms. The predicted molar refractivity (Wildman–Crippen MR) is 72.8 cm³/mol. The molecule has 2 rings (SSSR count). The molecule has 1 amide bonds. The molecule has 1 aromatic carbocycles. The molecule has 1 aromatic heterocycles. The summed E-state index contributed by atoms with van der Waals surface area (Å²) in [5, 5.41) is 9.62. The zero-order valence-corrected chi connectivity index (χ0v) is 11.4. The van der Waals surface area contributed by atoms with E-state index in [1.54, 1.807) is 11.8 Å². The predicted octanol–water partition coefficient (Wildman–Crippen LogP) is 1.86. The lowest BCUT2D eigenvalue weighted by Crippen LogP contribution is -2.27. The van der Waals surface area contributed by atoms with E-state index in [-0.39, 0.29) is 17.6 Å².